The number of esters is 1. The lowest BCUT2D eigenvalue weighted by Gasteiger charge is -2.22. The average molecular weight is 142 g/mol. The number of rotatable bonds is 0. The number of ether oxygens (including phenoxy) is 2. The van der Waals surface area contributed by atoms with E-state index in [1.54, 1.807) is 0 Å². The van der Waals surface area contributed by atoms with Crippen molar-refractivity contribution in [1.29, 1.82) is 0 Å². The van der Waals surface area contributed by atoms with Gasteiger partial charge in [0.15, 0.2) is 0 Å². The summed E-state index contributed by atoms with van der Waals surface area (Å²) in [4.78, 5) is 10.7. The lowest BCUT2D eigenvalue weighted by molar-refractivity contribution is -0.143. The molecule has 0 aromatic carbocycles. The van der Waals surface area contributed by atoms with Gasteiger partial charge in [-0.05, 0) is 12.8 Å². The molecular weight excluding hydrogens is 132 g/mol. The van der Waals surface area contributed by atoms with Gasteiger partial charge in [-0.15, -0.1) is 0 Å². The van der Waals surface area contributed by atoms with Gasteiger partial charge in [-0.3, -0.25) is 4.79 Å². The van der Waals surface area contributed by atoms with Crippen molar-refractivity contribution in [2.75, 3.05) is 6.61 Å². The van der Waals surface area contributed by atoms with Crippen LogP contribution in [0.25, 0.3) is 0 Å². The molecule has 2 heterocycles. The predicted molar refractivity (Wildman–Crippen MR) is 33.5 cm³/mol. The molecule has 2 atom stereocenters. The smallest absolute Gasteiger partial charge is 0.308 e. The van der Waals surface area contributed by atoms with Crippen LogP contribution in [-0.4, -0.2) is 24.8 Å². The highest BCUT2D eigenvalue weighted by molar-refractivity contribution is 5.72. The summed E-state index contributed by atoms with van der Waals surface area (Å²) >= 11 is 0. The molecule has 0 radical (unpaired) electrons. The Kier molecular flexibility index (Phi) is 1.38. The van der Waals surface area contributed by atoms with Gasteiger partial charge in [0.25, 0.3) is 0 Å². The minimum absolute atomic E-state index is 0.0706. The van der Waals surface area contributed by atoms with Crippen molar-refractivity contribution in [3.05, 3.63) is 0 Å². The summed E-state index contributed by atoms with van der Waals surface area (Å²) < 4.78 is 10.3. The van der Waals surface area contributed by atoms with Gasteiger partial charge in [-0.1, -0.05) is 0 Å². The zero-order valence-corrected chi connectivity index (χ0v) is 5.71. The third-order valence-corrected chi connectivity index (χ3v) is 2.03. The molecule has 0 aromatic heterocycles. The SMILES string of the molecule is O=C1C[C@@H]2OCCC[C@H]2O1. The second-order valence-electron chi connectivity index (χ2n) is 2.78. The van der Waals surface area contributed by atoms with E-state index in [0.717, 1.165) is 19.4 Å². The van der Waals surface area contributed by atoms with Crippen molar-refractivity contribution in [3.8, 4) is 0 Å². The van der Waals surface area contributed by atoms with Crippen LogP contribution in [0.15, 0.2) is 0 Å². The average Bonchev–Trinajstić information content (AvgIpc) is 2.27. The number of fused-ring (bicyclic) bond motifs is 1. The Balaban J connectivity index is 2.04. The molecule has 56 valence electrons. The summed E-state index contributed by atoms with van der Waals surface area (Å²) in [5.74, 6) is -0.100. The minimum Gasteiger partial charge on any atom is -0.460 e. The molecule has 2 aliphatic heterocycles. The normalized spacial score (nSPS) is 39.0. The van der Waals surface area contributed by atoms with Crippen LogP contribution in [0.2, 0.25) is 0 Å². The Morgan fingerprint density at radius 2 is 2.30 bits per heavy atom. The van der Waals surface area contributed by atoms with E-state index in [4.69, 9.17) is 9.47 Å². The highest BCUT2D eigenvalue weighted by Crippen LogP contribution is 2.25. The molecule has 2 fully saturated rings. The fourth-order valence-electron chi connectivity index (χ4n) is 1.52. The second kappa shape index (κ2) is 2.23. The first-order valence-corrected chi connectivity index (χ1v) is 3.67. The molecule has 0 N–H and O–H groups in total. The Bertz CT molecular complexity index is 139. The van der Waals surface area contributed by atoms with E-state index >= 15 is 0 Å². The summed E-state index contributed by atoms with van der Waals surface area (Å²) in [5.41, 5.74) is 0. The van der Waals surface area contributed by atoms with E-state index in [-0.39, 0.29) is 18.2 Å². The molecule has 0 aliphatic carbocycles. The van der Waals surface area contributed by atoms with Crippen molar-refractivity contribution < 1.29 is 14.3 Å². The summed E-state index contributed by atoms with van der Waals surface area (Å²) in [6.45, 7) is 0.789. The molecule has 2 aliphatic rings. The topological polar surface area (TPSA) is 35.5 Å². The van der Waals surface area contributed by atoms with Crippen LogP contribution in [0.3, 0.4) is 0 Å². The number of hydrogen-bond acceptors (Lipinski definition) is 3. The monoisotopic (exact) mass is 142 g/mol. The van der Waals surface area contributed by atoms with Gasteiger partial charge in [0.05, 0.1) is 6.42 Å². The van der Waals surface area contributed by atoms with Crippen LogP contribution in [0.4, 0.5) is 0 Å². The number of carbonyl (C=O) groups excluding carboxylic acids is 1. The van der Waals surface area contributed by atoms with Gasteiger partial charge in [-0.25, -0.2) is 0 Å². The largest absolute Gasteiger partial charge is 0.460 e. The van der Waals surface area contributed by atoms with E-state index in [1.165, 1.54) is 0 Å². The molecule has 0 saturated carbocycles. The van der Waals surface area contributed by atoms with Crippen LogP contribution in [0.1, 0.15) is 19.3 Å². The highest BCUT2D eigenvalue weighted by Gasteiger charge is 2.37. The number of hydrogen-bond donors (Lipinski definition) is 0. The Morgan fingerprint density at radius 3 is 3.10 bits per heavy atom. The summed E-state index contributed by atoms with van der Waals surface area (Å²) in [6, 6.07) is 0. The van der Waals surface area contributed by atoms with Gasteiger partial charge in [0.1, 0.15) is 12.2 Å². The molecule has 0 aromatic rings. The molecule has 0 unspecified atom stereocenters. The van der Waals surface area contributed by atoms with E-state index in [2.05, 4.69) is 0 Å². The highest BCUT2D eigenvalue weighted by atomic mass is 16.6. The summed E-state index contributed by atoms with van der Waals surface area (Å²) in [6.07, 6.45) is 2.61. The van der Waals surface area contributed by atoms with Gasteiger partial charge in [-0.2, -0.15) is 0 Å². The van der Waals surface area contributed by atoms with Gasteiger partial charge < -0.3 is 9.47 Å². The quantitative estimate of drug-likeness (QED) is 0.461. The Labute approximate surface area is 59.3 Å². The maximum Gasteiger partial charge on any atom is 0.308 e. The Morgan fingerprint density at radius 1 is 1.40 bits per heavy atom. The van der Waals surface area contributed by atoms with Crippen LogP contribution in [-0.2, 0) is 14.3 Å². The third kappa shape index (κ3) is 0.904. The first-order chi connectivity index (χ1) is 4.86. The van der Waals surface area contributed by atoms with Crippen LogP contribution in [0, 0.1) is 0 Å². The molecule has 3 nitrogen and oxygen atoms in total. The maximum atomic E-state index is 10.7. The molecule has 2 saturated heterocycles. The Hall–Kier alpha value is -0.570. The molecular formula is C7H10O3. The van der Waals surface area contributed by atoms with Gasteiger partial charge in [0, 0.05) is 6.61 Å². The summed E-state index contributed by atoms with van der Waals surface area (Å²) in [7, 11) is 0. The van der Waals surface area contributed by atoms with Crippen molar-refractivity contribution in [3.63, 3.8) is 0 Å². The fourth-order valence-corrected chi connectivity index (χ4v) is 1.52. The molecule has 10 heavy (non-hydrogen) atoms. The minimum atomic E-state index is -0.100. The van der Waals surface area contributed by atoms with E-state index in [1.807, 2.05) is 0 Å². The van der Waals surface area contributed by atoms with E-state index in [0.29, 0.717) is 6.42 Å². The maximum absolute atomic E-state index is 10.7. The zero-order valence-electron chi connectivity index (χ0n) is 5.71. The van der Waals surface area contributed by atoms with Crippen LogP contribution in [0.5, 0.6) is 0 Å². The molecule has 2 rings (SSSR count). The molecule has 0 bridgehead atoms. The van der Waals surface area contributed by atoms with Gasteiger partial charge in [0.2, 0.25) is 0 Å². The van der Waals surface area contributed by atoms with Crippen molar-refractivity contribution in [1.82, 2.24) is 0 Å². The van der Waals surface area contributed by atoms with Crippen molar-refractivity contribution in [2.24, 2.45) is 0 Å². The predicted octanol–water partition coefficient (Wildman–Crippen LogP) is 0.481. The van der Waals surface area contributed by atoms with Crippen LogP contribution < -0.4 is 0 Å². The van der Waals surface area contributed by atoms with Crippen molar-refractivity contribution >= 4 is 5.97 Å². The lowest BCUT2D eigenvalue weighted by atomic mass is 10.1. The zero-order chi connectivity index (χ0) is 6.97. The molecule has 3 heteroatoms. The van der Waals surface area contributed by atoms with Crippen LogP contribution >= 0.6 is 0 Å². The third-order valence-electron chi connectivity index (χ3n) is 2.03. The first kappa shape index (κ1) is 6.16. The van der Waals surface area contributed by atoms with Gasteiger partial charge >= 0.3 is 5.97 Å². The van der Waals surface area contributed by atoms with E-state index in [9.17, 15) is 4.79 Å². The first-order valence-electron chi connectivity index (χ1n) is 3.67. The lowest BCUT2D eigenvalue weighted by Crippen LogP contribution is -2.29. The second-order valence-corrected chi connectivity index (χ2v) is 2.78. The van der Waals surface area contributed by atoms with Crippen molar-refractivity contribution in [2.45, 2.75) is 31.5 Å². The molecule has 0 spiro atoms. The summed E-state index contributed by atoms with van der Waals surface area (Å²) in [5, 5.41) is 0. The standard InChI is InChI=1S/C7H10O3/c8-7-4-6-5(10-7)2-1-3-9-6/h5-6H,1-4H2/t5-,6+/m1/s1. The fraction of sp³-hybridized carbons (Fsp3) is 0.857. The van der Waals surface area contributed by atoms with E-state index < -0.39 is 0 Å². The molecule has 0 amide bonds. The number of carbonyl (C=O) groups is 1.